The number of hydrogen-bond acceptors (Lipinski definition) is 7. The molecule has 2 saturated heterocycles. The first-order chi connectivity index (χ1) is 12.3. The maximum absolute atomic E-state index is 6.07. The minimum absolute atomic E-state index is 0.334. The molecule has 0 unspecified atom stereocenters. The summed E-state index contributed by atoms with van der Waals surface area (Å²) in [6.45, 7) is 4.37. The highest BCUT2D eigenvalue weighted by molar-refractivity contribution is 5.59. The molecule has 0 amide bonds. The predicted octanol–water partition coefficient (Wildman–Crippen LogP) is 1.05. The fraction of sp³-hybridized carbons (Fsp3) is 0.706. The van der Waals surface area contributed by atoms with Gasteiger partial charge in [0.2, 0.25) is 0 Å². The van der Waals surface area contributed by atoms with Gasteiger partial charge in [0.15, 0.2) is 11.5 Å². The molecule has 25 heavy (non-hydrogen) atoms. The number of ether oxygens (including phenoxy) is 2. The lowest BCUT2D eigenvalue weighted by Crippen LogP contribution is -2.29. The van der Waals surface area contributed by atoms with Crippen molar-refractivity contribution in [2.24, 2.45) is 11.8 Å². The van der Waals surface area contributed by atoms with E-state index in [4.69, 9.17) is 15.2 Å². The second-order valence-corrected chi connectivity index (χ2v) is 7.03. The zero-order valence-corrected chi connectivity index (χ0v) is 14.5. The van der Waals surface area contributed by atoms with Crippen molar-refractivity contribution in [1.29, 1.82) is 0 Å². The number of aromatic nitrogens is 4. The maximum atomic E-state index is 6.07. The van der Waals surface area contributed by atoms with Gasteiger partial charge >= 0.3 is 6.01 Å². The second kappa shape index (κ2) is 7.53. The van der Waals surface area contributed by atoms with Crippen LogP contribution in [0, 0.1) is 11.8 Å². The first-order valence-corrected chi connectivity index (χ1v) is 9.21. The molecule has 0 radical (unpaired) electrons. The van der Waals surface area contributed by atoms with Gasteiger partial charge in [-0.05, 0) is 57.0 Å². The van der Waals surface area contributed by atoms with Gasteiger partial charge in [0.1, 0.15) is 0 Å². The number of nitrogens with two attached hydrogens (primary N) is 1. The van der Waals surface area contributed by atoms with Crippen LogP contribution in [0.3, 0.4) is 0 Å². The number of nitrogen functional groups attached to an aromatic ring is 1. The van der Waals surface area contributed by atoms with E-state index in [0.717, 1.165) is 51.3 Å². The van der Waals surface area contributed by atoms with E-state index in [-0.39, 0.29) is 0 Å². The van der Waals surface area contributed by atoms with Crippen LogP contribution >= 0.6 is 0 Å². The molecule has 2 aliphatic heterocycles. The van der Waals surface area contributed by atoms with E-state index < -0.39 is 0 Å². The van der Waals surface area contributed by atoms with E-state index in [1.54, 1.807) is 0 Å². The Labute approximate surface area is 147 Å². The number of rotatable bonds is 5. The molecule has 8 nitrogen and oxygen atoms in total. The van der Waals surface area contributed by atoms with Crippen LogP contribution in [0.25, 0.3) is 5.65 Å². The molecule has 3 N–H and O–H groups in total. The lowest BCUT2D eigenvalue weighted by atomic mass is 9.93. The number of anilines is 1. The van der Waals surface area contributed by atoms with Crippen LogP contribution in [0.5, 0.6) is 6.01 Å². The third-order valence-electron chi connectivity index (χ3n) is 5.18. The van der Waals surface area contributed by atoms with Gasteiger partial charge in [-0.1, -0.05) is 0 Å². The summed E-state index contributed by atoms with van der Waals surface area (Å²) in [5.41, 5.74) is 7.76. The standard InChI is InChI=1S/C17H26N6O2/c18-15-16-20-10-14(9-12-1-5-19-6-2-12)23(16)22-17(21-15)25-11-13-3-7-24-8-4-13/h10,12-13,19H,1-9,11H2,(H2,18,21,22). The number of piperidine rings is 1. The molecular weight excluding hydrogens is 320 g/mol. The summed E-state index contributed by atoms with van der Waals surface area (Å²) in [5.74, 6) is 1.52. The Bertz CT molecular complexity index is 706. The van der Waals surface area contributed by atoms with Crippen LogP contribution in [0.1, 0.15) is 31.4 Å². The van der Waals surface area contributed by atoms with Crippen molar-refractivity contribution in [2.45, 2.75) is 32.1 Å². The number of nitrogens with one attached hydrogen (secondary N) is 1. The zero-order chi connectivity index (χ0) is 17.1. The number of nitrogens with zero attached hydrogens (tertiary/aromatic N) is 4. The van der Waals surface area contributed by atoms with E-state index in [1.807, 2.05) is 10.7 Å². The zero-order valence-electron chi connectivity index (χ0n) is 14.5. The van der Waals surface area contributed by atoms with E-state index in [0.29, 0.717) is 35.9 Å². The Balaban J connectivity index is 1.49. The van der Waals surface area contributed by atoms with Gasteiger partial charge in [-0.15, -0.1) is 5.10 Å². The van der Waals surface area contributed by atoms with E-state index in [1.165, 1.54) is 12.8 Å². The molecule has 2 fully saturated rings. The third-order valence-corrected chi connectivity index (χ3v) is 5.18. The highest BCUT2D eigenvalue weighted by Crippen LogP contribution is 2.21. The molecule has 8 heteroatoms. The number of fused-ring (bicyclic) bond motifs is 1. The number of hydrogen-bond donors (Lipinski definition) is 2. The highest BCUT2D eigenvalue weighted by Gasteiger charge is 2.19. The van der Waals surface area contributed by atoms with Crippen LogP contribution in [-0.4, -0.2) is 52.5 Å². The third kappa shape index (κ3) is 3.85. The molecule has 0 saturated carbocycles. The fourth-order valence-corrected chi connectivity index (χ4v) is 3.62. The quantitative estimate of drug-likeness (QED) is 0.835. The van der Waals surface area contributed by atoms with E-state index in [2.05, 4.69) is 20.4 Å². The van der Waals surface area contributed by atoms with Crippen LogP contribution < -0.4 is 15.8 Å². The van der Waals surface area contributed by atoms with E-state index >= 15 is 0 Å². The molecule has 0 atom stereocenters. The van der Waals surface area contributed by atoms with Crippen LogP contribution in [0.4, 0.5) is 5.82 Å². The van der Waals surface area contributed by atoms with Crippen LogP contribution in [-0.2, 0) is 11.2 Å². The minimum Gasteiger partial charge on any atom is -0.462 e. The van der Waals surface area contributed by atoms with Crippen molar-refractivity contribution in [2.75, 3.05) is 38.6 Å². The molecule has 0 aliphatic carbocycles. The van der Waals surface area contributed by atoms with Gasteiger partial charge in [-0.25, -0.2) is 9.50 Å². The first kappa shape index (κ1) is 16.5. The Hall–Kier alpha value is -1.93. The van der Waals surface area contributed by atoms with Crippen molar-refractivity contribution in [3.63, 3.8) is 0 Å². The maximum Gasteiger partial charge on any atom is 0.336 e. The Kier molecular flexibility index (Phi) is 4.98. The molecule has 136 valence electrons. The summed E-state index contributed by atoms with van der Waals surface area (Å²) in [7, 11) is 0. The van der Waals surface area contributed by atoms with Crippen molar-refractivity contribution in [3.05, 3.63) is 11.9 Å². The summed E-state index contributed by atoms with van der Waals surface area (Å²) in [6.07, 6.45) is 7.22. The Morgan fingerprint density at radius 1 is 1.20 bits per heavy atom. The van der Waals surface area contributed by atoms with Crippen molar-refractivity contribution >= 4 is 11.5 Å². The van der Waals surface area contributed by atoms with Gasteiger partial charge in [0.05, 0.1) is 18.5 Å². The first-order valence-electron chi connectivity index (χ1n) is 9.21. The second-order valence-electron chi connectivity index (χ2n) is 7.03. The van der Waals surface area contributed by atoms with Crippen LogP contribution in [0.15, 0.2) is 6.20 Å². The molecule has 0 spiro atoms. The molecular formula is C17H26N6O2. The van der Waals surface area contributed by atoms with E-state index in [9.17, 15) is 0 Å². The Morgan fingerprint density at radius 3 is 2.80 bits per heavy atom. The normalized spacial score (nSPS) is 20.2. The lowest BCUT2D eigenvalue weighted by molar-refractivity contribution is 0.0480. The molecule has 4 heterocycles. The number of imidazole rings is 1. The monoisotopic (exact) mass is 346 g/mol. The van der Waals surface area contributed by atoms with Gasteiger partial charge < -0.3 is 20.5 Å². The molecule has 2 aromatic rings. The van der Waals surface area contributed by atoms with Crippen molar-refractivity contribution in [1.82, 2.24) is 24.9 Å². The summed E-state index contributed by atoms with van der Waals surface area (Å²) >= 11 is 0. The SMILES string of the molecule is Nc1nc(OCC2CCOCC2)nn2c(CC3CCNCC3)cnc12. The predicted molar refractivity (Wildman–Crippen MR) is 93.5 cm³/mol. The highest BCUT2D eigenvalue weighted by atomic mass is 16.5. The summed E-state index contributed by atoms with van der Waals surface area (Å²) in [4.78, 5) is 8.67. The Morgan fingerprint density at radius 2 is 2.00 bits per heavy atom. The summed E-state index contributed by atoms with van der Waals surface area (Å²) < 4.78 is 13.0. The van der Waals surface area contributed by atoms with Crippen LogP contribution in [0.2, 0.25) is 0 Å². The fourth-order valence-electron chi connectivity index (χ4n) is 3.62. The van der Waals surface area contributed by atoms with Crippen molar-refractivity contribution in [3.8, 4) is 6.01 Å². The topological polar surface area (TPSA) is 99.6 Å². The molecule has 4 rings (SSSR count). The molecule has 2 aliphatic rings. The molecule has 0 bridgehead atoms. The smallest absolute Gasteiger partial charge is 0.336 e. The minimum atomic E-state index is 0.334. The van der Waals surface area contributed by atoms with Gasteiger partial charge in [-0.3, -0.25) is 0 Å². The average molecular weight is 346 g/mol. The summed E-state index contributed by atoms with van der Waals surface area (Å²) in [5, 5.41) is 7.94. The largest absolute Gasteiger partial charge is 0.462 e. The van der Waals surface area contributed by atoms with Gasteiger partial charge in [-0.2, -0.15) is 4.98 Å². The molecule has 0 aromatic carbocycles. The lowest BCUT2D eigenvalue weighted by Gasteiger charge is -2.22. The van der Waals surface area contributed by atoms with Gasteiger partial charge in [0.25, 0.3) is 0 Å². The van der Waals surface area contributed by atoms with Crippen molar-refractivity contribution < 1.29 is 9.47 Å². The van der Waals surface area contributed by atoms with Gasteiger partial charge in [0, 0.05) is 13.2 Å². The molecule has 2 aromatic heterocycles. The summed E-state index contributed by atoms with van der Waals surface area (Å²) in [6, 6.07) is 0.334. The average Bonchev–Trinajstić information content (AvgIpc) is 3.05.